The smallest absolute Gasteiger partial charge is 0.161 e. The first-order valence-electron chi connectivity index (χ1n) is 4.47. The van der Waals surface area contributed by atoms with E-state index < -0.39 is 5.60 Å². The van der Waals surface area contributed by atoms with Crippen molar-refractivity contribution in [3.63, 3.8) is 0 Å². The number of carbonyl (C=O) groups excluding carboxylic acids is 1. The van der Waals surface area contributed by atoms with Crippen molar-refractivity contribution in [3.8, 4) is 0 Å². The number of rotatable bonds is 1. The normalized spacial score (nSPS) is 39.9. The number of Topliss-reactive ketones (excluding diaryl/α,β-unsaturated/α-hetero) is 1. The first kappa shape index (κ1) is 9.72. The Labute approximate surface area is 74.3 Å². The van der Waals surface area contributed by atoms with E-state index in [-0.39, 0.29) is 11.2 Å². The van der Waals surface area contributed by atoms with Crippen LogP contribution in [0.5, 0.6) is 0 Å². The molecule has 1 rings (SSSR count). The molecule has 0 aromatic rings. The molecule has 0 aliphatic carbocycles. The standard InChI is InChI=1S/C10H18O2/c1-7-6-12-10(5,8(2)11)9(7,3)4/h7H,6H2,1-5H3. The van der Waals surface area contributed by atoms with Crippen LogP contribution in [0.25, 0.3) is 0 Å². The molecule has 1 fully saturated rings. The van der Waals surface area contributed by atoms with Crippen LogP contribution in [0.2, 0.25) is 0 Å². The topological polar surface area (TPSA) is 26.3 Å². The molecule has 1 aliphatic rings. The Kier molecular flexibility index (Phi) is 2.07. The van der Waals surface area contributed by atoms with Crippen molar-refractivity contribution in [2.75, 3.05) is 6.61 Å². The van der Waals surface area contributed by atoms with E-state index in [9.17, 15) is 4.79 Å². The third kappa shape index (κ3) is 1.01. The highest BCUT2D eigenvalue weighted by Crippen LogP contribution is 2.47. The fraction of sp³-hybridized carbons (Fsp3) is 0.900. The van der Waals surface area contributed by atoms with Gasteiger partial charge in [0.05, 0.1) is 6.61 Å². The zero-order valence-corrected chi connectivity index (χ0v) is 8.60. The van der Waals surface area contributed by atoms with Crippen molar-refractivity contribution in [2.45, 2.75) is 40.2 Å². The molecule has 70 valence electrons. The van der Waals surface area contributed by atoms with E-state index in [1.165, 1.54) is 0 Å². The first-order chi connectivity index (χ1) is 5.32. The maximum Gasteiger partial charge on any atom is 0.161 e. The quantitative estimate of drug-likeness (QED) is 0.602. The van der Waals surface area contributed by atoms with Gasteiger partial charge in [-0.15, -0.1) is 0 Å². The summed E-state index contributed by atoms with van der Waals surface area (Å²) in [5.41, 5.74) is -0.620. The van der Waals surface area contributed by atoms with Crippen LogP contribution < -0.4 is 0 Å². The fourth-order valence-electron chi connectivity index (χ4n) is 1.71. The Balaban J connectivity index is 3.01. The zero-order valence-electron chi connectivity index (χ0n) is 8.60. The molecule has 0 spiro atoms. The first-order valence-corrected chi connectivity index (χ1v) is 4.47. The Morgan fingerprint density at radius 3 is 2.08 bits per heavy atom. The molecule has 0 saturated carbocycles. The second-order valence-electron chi connectivity index (χ2n) is 4.52. The fourth-order valence-corrected chi connectivity index (χ4v) is 1.71. The Hall–Kier alpha value is -0.370. The molecule has 2 heteroatoms. The van der Waals surface area contributed by atoms with Crippen molar-refractivity contribution in [2.24, 2.45) is 11.3 Å². The van der Waals surface area contributed by atoms with Crippen LogP contribution in [0, 0.1) is 11.3 Å². The number of carbonyl (C=O) groups is 1. The highest BCUT2D eigenvalue weighted by atomic mass is 16.5. The van der Waals surface area contributed by atoms with Gasteiger partial charge in [-0.05, 0) is 19.8 Å². The van der Waals surface area contributed by atoms with Gasteiger partial charge >= 0.3 is 0 Å². The highest BCUT2D eigenvalue weighted by Gasteiger charge is 2.54. The summed E-state index contributed by atoms with van der Waals surface area (Å²) in [4.78, 5) is 11.4. The van der Waals surface area contributed by atoms with Gasteiger partial charge in [-0.25, -0.2) is 0 Å². The van der Waals surface area contributed by atoms with Gasteiger partial charge < -0.3 is 4.74 Å². The van der Waals surface area contributed by atoms with E-state index >= 15 is 0 Å². The van der Waals surface area contributed by atoms with Crippen molar-refractivity contribution in [3.05, 3.63) is 0 Å². The lowest BCUT2D eigenvalue weighted by Crippen LogP contribution is -2.46. The van der Waals surface area contributed by atoms with E-state index in [1.807, 2.05) is 6.92 Å². The Bertz CT molecular complexity index is 208. The van der Waals surface area contributed by atoms with Crippen LogP contribution in [-0.4, -0.2) is 18.0 Å². The molecule has 0 aromatic carbocycles. The van der Waals surface area contributed by atoms with E-state index in [0.29, 0.717) is 12.5 Å². The van der Waals surface area contributed by atoms with Gasteiger partial charge in [0, 0.05) is 5.41 Å². The second-order valence-corrected chi connectivity index (χ2v) is 4.52. The Morgan fingerprint density at radius 2 is 1.92 bits per heavy atom. The SMILES string of the molecule is CC(=O)C1(C)OCC(C)C1(C)C. The van der Waals surface area contributed by atoms with Crippen LogP contribution in [0.1, 0.15) is 34.6 Å². The van der Waals surface area contributed by atoms with E-state index in [1.54, 1.807) is 6.92 Å². The second kappa shape index (κ2) is 2.56. The summed E-state index contributed by atoms with van der Waals surface area (Å²) in [6.45, 7) is 10.5. The number of hydrogen-bond donors (Lipinski definition) is 0. The molecule has 0 aromatic heterocycles. The lowest BCUT2D eigenvalue weighted by atomic mass is 9.69. The summed E-state index contributed by atoms with van der Waals surface area (Å²) in [6.07, 6.45) is 0. The summed E-state index contributed by atoms with van der Waals surface area (Å²) in [5.74, 6) is 0.586. The molecule has 2 atom stereocenters. The molecule has 1 saturated heterocycles. The molecule has 0 amide bonds. The van der Waals surface area contributed by atoms with Crippen LogP contribution in [-0.2, 0) is 9.53 Å². The molecular formula is C10H18O2. The average molecular weight is 170 g/mol. The molecule has 1 aliphatic heterocycles. The van der Waals surface area contributed by atoms with Crippen molar-refractivity contribution < 1.29 is 9.53 Å². The van der Waals surface area contributed by atoms with Gasteiger partial charge in [-0.1, -0.05) is 20.8 Å². The molecule has 0 bridgehead atoms. The number of ether oxygens (including phenoxy) is 1. The molecule has 12 heavy (non-hydrogen) atoms. The monoisotopic (exact) mass is 170 g/mol. The highest BCUT2D eigenvalue weighted by molar-refractivity contribution is 5.85. The number of hydrogen-bond acceptors (Lipinski definition) is 2. The van der Waals surface area contributed by atoms with Crippen LogP contribution >= 0.6 is 0 Å². The summed E-state index contributed by atoms with van der Waals surface area (Å²) < 4.78 is 5.58. The third-order valence-corrected chi connectivity index (χ3v) is 3.76. The van der Waals surface area contributed by atoms with E-state index in [2.05, 4.69) is 20.8 Å². The zero-order chi connectivity index (χ0) is 9.57. The minimum absolute atomic E-state index is 0.0428. The third-order valence-electron chi connectivity index (χ3n) is 3.76. The van der Waals surface area contributed by atoms with Gasteiger partial charge in [-0.3, -0.25) is 4.79 Å². The molecule has 0 radical (unpaired) electrons. The summed E-state index contributed by atoms with van der Waals surface area (Å²) >= 11 is 0. The molecule has 2 unspecified atom stereocenters. The average Bonchev–Trinajstić information content (AvgIpc) is 2.15. The summed E-state index contributed by atoms with van der Waals surface area (Å²) in [7, 11) is 0. The predicted octanol–water partition coefficient (Wildman–Crippen LogP) is 2.03. The molecular weight excluding hydrogens is 152 g/mol. The van der Waals surface area contributed by atoms with Gasteiger partial charge in [0.1, 0.15) is 5.60 Å². The minimum Gasteiger partial charge on any atom is -0.367 e. The largest absolute Gasteiger partial charge is 0.367 e. The lowest BCUT2D eigenvalue weighted by Gasteiger charge is -2.36. The number of ketones is 1. The molecule has 1 heterocycles. The minimum atomic E-state index is -0.577. The maximum atomic E-state index is 11.4. The maximum absolute atomic E-state index is 11.4. The van der Waals surface area contributed by atoms with Crippen molar-refractivity contribution >= 4 is 5.78 Å². The van der Waals surface area contributed by atoms with Crippen LogP contribution in [0.15, 0.2) is 0 Å². The van der Waals surface area contributed by atoms with E-state index in [0.717, 1.165) is 0 Å². The predicted molar refractivity (Wildman–Crippen MR) is 48.0 cm³/mol. The van der Waals surface area contributed by atoms with Gasteiger partial charge in [0.25, 0.3) is 0 Å². The molecule has 0 N–H and O–H groups in total. The van der Waals surface area contributed by atoms with Crippen LogP contribution in [0.3, 0.4) is 0 Å². The van der Waals surface area contributed by atoms with Gasteiger partial charge in [-0.2, -0.15) is 0 Å². The summed E-state index contributed by atoms with van der Waals surface area (Å²) in [5, 5.41) is 0. The Morgan fingerprint density at radius 1 is 1.42 bits per heavy atom. The van der Waals surface area contributed by atoms with Crippen molar-refractivity contribution in [1.82, 2.24) is 0 Å². The van der Waals surface area contributed by atoms with Crippen LogP contribution in [0.4, 0.5) is 0 Å². The van der Waals surface area contributed by atoms with Crippen molar-refractivity contribution in [1.29, 1.82) is 0 Å². The van der Waals surface area contributed by atoms with Gasteiger partial charge in [0.15, 0.2) is 5.78 Å². The lowest BCUT2D eigenvalue weighted by molar-refractivity contribution is -0.142. The summed E-state index contributed by atoms with van der Waals surface area (Å²) in [6, 6.07) is 0. The molecule has 2 nitrogen and oxygen atoms in total. The van der Waals surface area contributed by atoms with Gasteiger partial charge in [0.2, 0.25) is 0 Å². The van der Waals surface area contributed by atoms with E-state index in [4.69, 9.17) is 4.74 Å².